The maximum absolute atomic E-state index is 6.03. The molecular weight excluding hydrogens is 271 g/mol. The van der Waals surface area contributed by atoms with E-state index in [1.165, 1.54) is 5.56 Å². The summed E-state index contributed by atoms with van der Waals surface area (Å²) in [6.45, 7) is 12.3. The molecule has 112 valence electrons. The monoisotopic (exact) mass is 296 g/mol. The number of hydrogen-bond donors (Lipinski definition) is 0. The molecule has 3 nitrogen and oxygen atoms in total. The van der Waals surface area contributed by atoms with Gasteiger partial charge in [0.15, 0.2) is 0 Å². The summed E-state index contributed by atoms with van der Waals surface area (Å²) in [5, 5.41) is 0. The molecule has 0 aliphatic carbocycles. The van der Waals surface area contributed by atoms with Crippen molar-refractivity contribution in [1.82, 2.24) is 0 Å². The zero-order valence-electron chi connectivity index (χ0n) is 13.1. The normalized spacial score (nSPS) is 19.4. The van der Waals surface area contributed by atoms with Crippen molar-refractivity contribution in [3.63, 3.8) is 0 Å². The summed E-state index contributed by atoms with van der Waals surface area (Å²) in [5.74, 6) is 1.82. The van der Waals surface area contributed by atoms with Crippen molar-refractivity contribution in [2.24, 2.45) is 0 Å². The van der Waals surface area contributed by atoms with Crippen LogP contribution in [0, 0.1) is 0 Å². The van der Waals surface area contributed by atoms with Gasteiger partial charge in [0.25, 0.3) is 0 Å². The van der Waals surface area contributed by atoms with Gasteiger partial charge in [-0.05, 0) is 24.8 Å². The first-order chi connectivity index (χ1) is 9.36. The maximum atomic E-state index is 6.03. The minimum Gasteiger partial charge on any atom is -0.488 e. The molecule has 0 aromatic heterocycles. The third-order valence-corrected chi connectivity index (χ3v) is 3.79. The minimum absolute atomic E-state index is 0.0652. The van der Waals surface area contributed by atoms with Crippen LogP contribution < -0.4 is 9.26 Å². The van der Waals surface area contributed by atoms with Crippen molar-refractivity contribution >= 4 is 8.15 Å². The molecule has 1 heterocycles. The van der Waals surface area contributed by atoms with Crippen LogP contribution in [0.2, 0.25) is 0 Å². The molecule has 2 rings (SSSR count). The van der Waals surface area contributed by atoms with Crippen molar-refractivity contribution in [1.29, 1.82) is 0 Å². The van der Waals surface area contributed by atoms with Crippen LogP contribution in [-0.2, 0) is 10.2 Å². The summed E-state index contributed by atoms with van der Waals surface area (Å²) >= 11 is 0. The van der Waals surface area contributed by atoms with Gasteiger partial charge in [-0.3, -0.25) is 0 Å². The molecule has 0 radical (unpaired) electrons. The van der Waals surface area contributed by atoms with Gasteiger partial charge in [-0.25, -0.2) is 0 Å². The molecule has 1 fully saturated rings. The molecule has 0 N–H and O–H groups in total. The fourth-order valence-corrected chi connectivity index (χ4v) is 2.81. The summed E-state index contributed by atoms with van der Waals surface area (Å²) in [4.78, 5) is 0. The Hall–Kier alpha value is -0.790. The van der Waals surface area contributed by atoms with Crippen LogP contribution >= 0.6 is 8.15 Å². The average molecular weight is 296 g/mol. The fourth-order valence-electron chi connectivity index (χ4n) is 2.27. The first kappa shape index (κ1) is 15.6. The summed E-state index contributed by atoms with van der Waals surface area (Å²) in [7, 11) is -0.448. The lowest BCUT2D eigenvalue weighted by molar-refractivity contribution is 0.141. The number of rotatable bonds is 4. The van der Waals surface area contributed by atoms with Gasteiger partial charge in [-0.1, -0.05) is 26.8 Å². The number of ether oxygens (including phenoxy) is 2. The van der Waals surface area contributed by atoms with E-state index in [4.69, 9.17) is 14.0 Å². The second-order valence-corrected chi connectivity index (χ2v) is 8.22. The van der Waals surface area contributed by atoms with Crippen LogP contribution in [0.25, 0.3) is 0 Å². The maximum Gasteiger partial charge on any atom is 0.130 e. The molecule has 4 heteroatoms. The van der Waals surface area contributed by atoms with Crippen molar-refractivity contribution in [2.45, 2.75) is 38.7 Å². The summed E-state index contributed by atoms with van der Waals surface area (Å²) in [6, 6.07) is 6.19. The molecule has 0 amide bonds. The summed E-state index contributed by atoms with van der Waals surface area (Å²) < 4.78 is 17.3. The zero-order valence-corrected chi connectivity index (χ0v) is 14.0. The quantitative estimate of drug-likeness (QED) is 0.780. The Morgan fingerprint density at radius 3 is 2.55 bits per heavy atom. The smallest absolute Gasteiger partial charge is 0.130 e. The van der Waals surface area contributed by atoms with Gasteiger partial charge in [0.1, 0.15) is 17.6 Å². The van der Waals surface area contributed by atoms with Gasteiger partial charge < -0.3 is 14.0 Å². The van der Waals surface area contributed by atoms with Gasteiger partial charge in [0, 0.05) is 18.1 Å². The summed E-state index contributed by atoms with van der Waals surface area (Å²) in [5.41, 5.74) is 1.29. The van der Waals surface area contributed by atoms with E-state index in [1.54, 1.807) is 0 Å². The van der Waals surface area contributed by atoms with Crippen molar-refractivity contribution in [3.8, 4) is 11.5 Å². The van der Waals surface area contributed by atoms with Crippen LogP contribution in [0.3, 0.4) is 0 Å². The van der Waals surface area contributed by atoms with E-state index < -0.39 is 8.15 Å². The lowest BCUT2D eigenvalue weighted by Crippen LogP contribution is -2.16. The van der Waals surface area contributed by atoms with E-state index in [0.29, 0.717) is 6.61 Å². The molecule has 0 spiro atoms. The topological polar surface area (TPSA) is 27.7 Å². The average Bonchev–Trinajstić information content (AvgIpc) is 2.79. The van der Waals surface area contributed by atoms with E-state index in [2.05, 4.69) is 40.2 Å². The highest BCUT2D eigenvalue weighted by molar-refractivity contribution is 7.51. The zero-order chi connectivity index (χ0) is 14.8. The first-order valence-electron chi connectivity index (χ1n) is 7.10. The third kappa shape index (κ3) is 4.10. The molecule has 1 saturated heterocycles. The Balaban J connectivity index is 2.22. The van der Waals surface area contributed by atoms with E-state index >= 15 is 0 Å². The second-order valence-electron chi connectivity index (χ2n) is 6.42. The van der Waals surface area contributed by atoms with Gasteiger partial charge in [0.05, 0.1) is 21.4 Å². The number of benzene rings is 1. The standard InChI is InChI=1S/C16H25O3P/c1-16(2,3)14-7-6-12(10-15(14)19-20(4)5)18-13-8-9-17-11-13/h6-7,10,13H,8-9,11H2,1-5H3/t13-/m0/s1. The highest BCUT2D eigenvalue weighted by atomic mass is 31.1. The lowest BCUT2D eigenvalue weighted by atomic mass is 9.86. The molecule has 1 aliphatic rings. The molecule has 0 unspecified atom stereocenters. The predicted molar refractivity (Wildman–Crippen MR) is 84.4 cm³/mol. The molecule has 1 aliphatic heterocycles. The van der Waals surface area contributed by atoms with Gasteiger partial charge in [-0.2, -0.15) is 0 Å². The molecule has 0 saturated carbocycles. The van der Waals surface area contributed by atoms with Crippen LogP contribution in [0.4, 0.5) is 0 Å². The molecule has 1 aromatic carbocycles. The van der Waals surface area contributed by atoms with E-state index in [0.717, 1.165) is 24.5 Å². The minimum atomic E-state index is -0.448. The third-order valence-electron chi connectivity index (χ3n) is 3.23. The molecular formula is C16H25O3P. The molecule has 0 bridgehead atoms. The highest BCUT2D eigenvalue weighted by Gasteiger charge is 2.22. The summed E-state index contributed by atoms with van der Waals surface area (Å²) in [6.07, 6.45) is 1.14. The Bertz CT molecular complexity index is 446. The Labute approximate surface area is 123 Å². The van der Waals surface area contributed by atoms with Gasteiger partial charge in [-0.15, -0.1) is 0 Å². The van der Waals surface area contributed by atoms with Crippen molar-refractivity contribution in [2.75, 3.05) is 26.5 Å². The van der Waals surface area contributed by atoms with Crippen LogP contribution in [0.5, 0.6) is 11.5 Å². The van der Waals surface area contributed by atoms with Crippen LogP contribution in [0.1, 0.15) is 32.8 Å². The van der Waals surface area contributed by atoms with E-state index in [1.807, 2.05) is 12.1 Å². The SMILES string of the molecule is CP(C)Oc1cc(O[C@H]2CCOC2)ccc1C(C)(C)C. The Kier molecular flexibility index (Phi) is 4.93. The lowest BCUT2D eigenvalue weighted by Gasteiger charge is -2.25. The van der Waals surface area contributed by atoms with E-state index in [9.17, 15) is 0 Å². The van der Waals surface area contributed by atoms with E-state index in [-0.39, 0.29) is 11.5 Å². The van der Waals surface area contributed by atoms with Crippen molar-refractivity contribution < 1.29 is 14.0 Å². The predicted octanol–water partition coefficient (Wildman–Crippen LogP) is 4.19. The first-order valence-corrected chi connectivity index (χ1v) is 9.26. The molecule has 1 atom stereocenters. The van der Waals surface area contributed by atoms with Gasteiger partial charge >= 0.3 is 0 Å². The van der Waals surface area contributed by atoms with Crippen LogP contribution in [0.15, 0.2) is 18.2 Å². The second kappa shape index (κ2) is 6.32. The molecule has 20 heavy (non-hydrogen) atoms. The largest absolute Gasteiger partial charge is 0.488 e. The molecule has 1 aromatic rings. The van der Waals surface area contributed by atoms with Crippen molar-refractivity contribution in [3.05, 3.63) is 23.8 Å². The Morgan fingerprint density at radius 1 is 1.25 bits per heavy atom. The van der Waals surface area contributed by atoms with Crippen LogP contribution in [-0.4, -0.2) is 32.6 Å². The number of hydrogen-bond acceptors (Lipinski definition) is 3. The fraction of sp³-hybridized carbons (Fsp3) is 0.625. The van der Waals surface area contributed by atoms with Gasteiger partial charge in [0.2, 0.25) is 0 Å². The Morgan fingerprint density at radius 2 is 2.00 bits per heavy atom. The highest BCUT2D eigenvalue weighted by Crippen LogP contribution is 2.40.